The highest BCUT2D eigenvalue weighted by Gasteiger charge is 2.23. The van der Waals surface area contributed by atoms with Crippen molar-refractivity contribution >= 4 is 39.4 Å². The number of hydrogen-bond donors (Lipinski definition) is 1. The van der Waals surface area contributed by atoms with Gasteiger partial charge in [0.25, 0.3) is 5.91 Å². The SMILES string of the molecule is COC(=O)[C@@H](Cc1cc(Cl)ccc1Br)NC(=O)c1cccc(F)c1. The maximum atomic E-state index is 13.2. The molecule has 0 spiro atoms. The summed E-state index contributed by atoms with van der Waals surface area (Å²) in [5.74, 6) is -1.70. The number of amides is 1. The molecule has 1 atom stereocenters. The molecule has 0 aliphatic heterocycles. The van der Waals surface area contributed by atoms with Crippen LogP contribution in [0.1, 0.15) is 15.9 Å². The number of carbonyl (C=O) groups is 2. The molecule has 4 nitrogen and oxygen atoms in total. The fourth-order valence-electron chi connectivity index (χ4n) is 2.13. The first-order valence-electron chi connectivity index (χ1n) is 6.99. The first-order valence-corrected chi connectivity index (χ1v) is 8.16. The Morgan fingerprint density at radius 1 is 1.29 bits per heavy atom. The normalized spacial score (nSPS) is 11.7. The second-order valence-corrected chi connectivity index (χ2v) is 6.29. The van der Waals surface area contributed by atoms with Gasteiger partial charge in [0, 0.05) is 21.5 Å². The van der Waals surface area contributed by atoms with Crippen molar-refractivity contribution in [1.29, 1.82) is 0 Å². The third-order valence-electron chi connectivity index (χ3n) is 3.31. The molecule has 0 saturated heterocycles. The van der Waals surface area contributed by atoms with Crippen molar-refractivity contribution in [2.24, 2.45) is 0 Å². The van der Waals surface area contributed by atoms with Gasteiger partial charge in [-0.2, -0.15) is 0 Å². The Morgan fingerprint density at radius 3 is 2.71 bits per heavy atom. The molecule has 0 heterocycles. The van der Waals surface area contributed by atoms with Gasteiger partial charge in [0.05, 0.1) is 7.11 Å². The van der Waals surface area contributed by atoms with Gasteiger partial charge in [0.15, 0.2) is 0 Å². The van der Waals surface area contributed by atoms with E-state index in [0.29, 0.717) is 5.02 Å². The third kappa shape index (κ3) is 4.79. The Bertz CT molecular complexity index is 769. The highest BCUT2D eigenvalue weighted by molar-refractivity contribution is 9.10. The molecule has 0 aromatic heterocycles. The average molecular weight is 415 g/mol. The van der Waals surface area contributed by atoms with Crippen LogP contribution < -0.4 is 5.32 Å². The fraction of sp³-hybridized carbons (Fsp3) is 0.176. The molecule has 7 heteroatoms. The smallest absolute Gasteiger partial charge is 0.328 e. The van der Waals surface area contributed by atoms with E-state index in [0.717, 1.165) is 16.1 Å². The molecule has 2 aromatic rings. The molecule has 126 valence electrons. The zero-order valence-electron chi connectivity index (χ0n) is 12.7. The highest BCUT2D eigenvalue weighted by Crippen LogP contribution is 2.22. The minimum absolute atomic E-state index is 0.120. The Labute approximate surface area is 152 Å². The maximum Gasteiger partial charge on any atom is 0.328 e. The van der Waals surface area contributed by atoms with Crippen LogP contribution in [0.2, 0.25) is 5.02 Å². The van der Waals surface area contributed by atoms with E-state index < -0.39 is 23.7 Å². The Morgan fingerprint density at radius 2 is 2.04 bits per heavy atom. The van der Waals surface area contributed by atoms with E-state index in [1.807, 2.05) is 0 Å². The first kappa shape index (κ1) is 18.4. The fourth-order valence-corrected chi connectivity index (χ4v) is 2.73. The lowest BCUT2D eigenvalue weighted by atomic mass is 10.1. The summed E-state index contributed by atoms with van der Waals surface area (Å²) in [6.07, 6.45) is 0.175. The number of halogens is 3. The molecular weight excluding hydrogens is 401 g/mol. The molecule has 0 fully saturated rings. The monoisotopic (exact) mass is 413 g/mol. The molecule has 2 aromatic carbocycles. The van der Waals surface area contributed by atoms with Gasteiger partial charge >= 0.3 is 5.97 Å². The van der Waals surface area contributed by atoms with Crippen LogP contribution in [0.5, 0.6) is 0 Å². The lowest BCUT2D eigenvalue weighted by Gasteiger charge is -2.17. The summed E-state index contributed by atoms with van der Waals surface area (Å²) in [4.78, 5) is 24.2. The predicted molar refractivity (Wildman–Crippen MR) is 92.5 cm³/mol. The van der Waals surface area contributed by atoms with Gasteiger partial charge in [-0.25, -0.2) is 9.18 Å². The second kappa shape index (κ2) is 8.26. The van der Waals surface area contributed by atoms with Gasteiger partial charge in [-0.05, 0) is 42.0 Å². The van der Waals surface area contributed by atoms with Gasteiger partial charge in [-0.15, -0.1) is 0 Å². The van der Waals surface area contributed by atoms with Crippen LogP contribution in [0.3, 0.4) is 0 Å². The van der Waals surface area contributed by atoms with E-state index in [9.17, 15) is 14.0 Å². The van der Waals surface area contributed by atoms with E-state index >= 15 is 0 Å². The number of rotatable bonds is 5. The lowest BCUT2D eigenvalue weighted by Crippen LogP contribution is -2.43. The maximum absolute atomic E-state index is 13.2. The predicted octanol–water partition coefficient (Wildman–Crippen LogP) is 3.76. The Hall–Kier alpha value is -1.92. The summed E-state index contributed by atoms with van der Waals surface area (Å²) in [6.45, 7) is 0. The molecule has 0 saturated carbocycles. The number of benzene rings is 2. The van der Waals surface area contributed by atoms with Crippen LogP contribution in [-0.2, 0) is 16.0 Å². The Kier molecular flexibility index (Phi) is 6.34. The molecule has 1 amide bonds. The molecule has 0 unspecified atom stereocenters. The van der Waals surface area contributed by atoms with Crippen LogP contribution >= 0.6 is 27.5 Å². The number of esters is 1. The molecule has 1 N–H and O–H groups in total. The number of carbonyl (C=O) groups excluding carboxylic acids is 2. The summed E-state index contributed by atoms with van der Waals surface area (Å²) >= 11 is 9.34. The summed E-state index contributed by atoms with van der Waals surface area (Å²) in [6, 6.07) is 9.42. The highest BCUT2D eigenvalue weighted by atomic mass is 79.9. The lowest BCUT2D eigenvalue weighted by molar-refractivity contribution is -0.142. The minimum atomic E-state index is -0.930. The van der Waals surface area contributed by atoms with Crippen LogP contribution in [0, 0.1) is 5.82 Å². The van der Waals surface area contributed by atoms with Crippen molar-refractivity contribution in [2.45, 2.75) is 12.5 Å². The summed E-state index contributed by atoms with van der Waals surface area (Å²) in [5.41, 5.74) is 0.853. The van der Waals surface area contributed by atoms with Gasteiger partial charge < -0.3 is 10.1 Å². The molecule has 0 radical (unpaired) electrons. The van der Waals surface area contributed by atoms with E-state index in [4.69, 9.17) is 16.3 Å². The van der Waals surface area contributed by atoms with E-state index in [1.165, 1.54) is 25.3 Å². The third-order valence-corrected chi connectivity index (χ3v) is 4.32. The first-order chi connectivity index (χ1) is 11.4. The van der Waals surface area contributed by atoms with E-state index in [-0.39, 0.29) is 12.0 Å². The number of hydrogen-bond acceptors (Lipinski definition) is 3. The van der Waals surface area contributed by atoms with E-state index in [2.05, 4.69) is 21.2 Å². The van der Waals surface area contributed by atoms with Crippen LogP contribution in [0.4, 0.5) is 4.39 Å². The van der Waals surface area contributed by atoms with Crippen molar-refractivity contribution in [3.63, 3.8) is 0 Å². The molecule has 0 aliphatic rings. The quantitative estimate of drug-likeness (QED) is 0.758. The molecule has 0 bridgehead atoms. The van der Waals surface area contributed by atoms with Crippen molar-refractivity contribution in [1.82, 2.24) is 5.32 Å². The Balaban J connectivity index is 2.21. The van der Waals surface area contributed by atoms with Crippen LogP contribution in [0.25, 0.3) is 0 Å². The topological polar surface area (TPSA) is 55.4 Å². The zero-order chi connectivity index (χ0) is 17.7. The summed E-state index contributed by atoms with van der Waals surface area (Å²) in [7, 11) is 1.23. The summed E-state index contributed by atoms with van der Waals surface area (Å²) in [5, 5.41) is 3.07. The van der Waals surface area contributed by atoms with Crippen molar-refractivity contribution in [3.8, 4) is 0 Å². The van der Waals surface area contributed by atoms with Gasteiger partial charge in [0.2, 0.25) is 0 Å². The zero-order valence-corrected chi connectivity index (χ0v) is 15.0. The minimum Gasteiger partial charge on any atom is -0.467 e. The molecular formula is C17H14BrClFNO3. The van der Waals surface area contributed by atoms with Crippen molar-refractivity contribution in [2.75, 3.05) is 7.11 Å². The standard InChI is InChI=1S/C17H14BrClFNO3/c1-24-17(23)15(9-11-7-12(19)5-6-14(11)18)21-16(22)10-3-2-4-13(20)8-10/h2-8,15H,9H2,1H3,(H,21,22)/t15-/m1/s1. The number of methoxy groups -OCH3 is 1. The van der Waals surface area contributed by atoms with Crippen LogP contribution in [-0.4, -0.2) is 25.0 Å². The summed E-state index contributed by atoms with van der Waals surface area (Å²) < 4.78 is 18.7. The molecule has 24 heavy (non-hydrogen) atoms. The average Bonchev–Trinajstić information content (AvgIpc) is 2.56. The van der Waals surface area contributed by atoms with Crippen molar-refractivity contribution < 1.29 is 18.7 Å². The number of ether oxygens (including phenoxy) is 1. The number of nitrogens with one attached hydrogen (secondary N) is 1. The van der Waals surface area contributed by atoms with E-state index in [1.54, 1.807) is 18.2 Å². The van der Waals surface area contributed by atoms with Gasteiger partial charge in [0.1, 0.15) is 11.9 Å². The van der Waals surface area contributed by atoms with Crippen molar-refractivity contribution in [3.05, 3.63) is 68.9 Å². The van der Waals surface area contributed by atoms with Gasteiger partial charge in [-0.3, -0.25) is 4.79 Å². The molecule has 0 aliphatic carbocycles. The van der Waals surface area contributed by atoms with Gasteiger partial charge in [-0.1, -0.05) is 33.6 Å². The molecule has 2 rings (SSSR count). The van der Waals surface area contributed by atoms with Crippen LogP contribution in [0.15, 0.2) is 46.9 Å². The second-order valence-electron chi connectivity index (χ2n) is 5.00. The largest absolute Gasteiger partial charge is 0.467 e.